The van der Waals surface area contributed by atoms with Crippen molar-refractivity contribution in [3.8, 4) is 10.8 Å². The van der Waals surface area contributed by atoms with Gasteiger partial charge in [-0.25, -0.2) is 0 Å². The third-order valence-corrected chi connectivity index (χ3v) is 1.60. The number of aryl methyl sites for hydroxylation is 1. The highest BCUT2D eigenvalue weighted by molar-refractivity contribution is 9.12. The largest absolute Gasteiger partial charge is 0.340 e. The van der Waals surface area contributed by atoms with Crippen LogP contribution in [0, 0.1) is 10.8 Å². The number of hydrogen-bond donors (Lipinski definition) is 1. The quantitative estimate of drug-likeness (QED) is 0.731. The standard InChI is InChI=1S/C7H7BrN4O/c1-12-6(5-10-11-12)4-9-7(13)2-3-8/h5H,4H2,1H3,(H,9,13). The molecule has 1 aromatic heterocycles. The summed E-state index contributed by atoms with van der Waals surface area (Å²) in [5.74, 6) is 1.96. The van der Waals surface area contributed by atoms with E-state index < -0.39 is 0 Å². The first-order valence-corrected chi connectivity index (χ1v) is 4.26. The van der Waals surface area contributed by atoms with Gasteiger partial charge in [-0.05, 0) is 4.83 Å². The molecule has 0 aliphatic rings. The zero-order chi connectivity index (χ0) is 9.68. The summed E-state index contributed by atoms with van der Waals surface area (Å²) in [5, 5.41) is 9.96. The average molecular weight is 243 g/mol. The van der Waals surface area contributed by atoms with Crippen LogP contribution in [0.4, 0.5) is 0 Å². The minimum Gasteiger partial charge on any atom is -0.340 e. The summed E-state index contributed by atoms with van der Waals surface area (Å²) < 4.78 is 1.59. The molecule has 0 fully saturated rings. The van der Waals surface area contributed by atoms with Gasteiger partial charge in [-0.2, -0.15) is 0 Å². The molecule has 1 amide bonds. The minimum absolute atomic E-state index is 0.335. The van der Waals surface area contributed by atoms with Crippen LogP contribution < -0.4 is 5.32 Å². The predicted molar refractivity (Wildman–Crippen MR) is 49.6 cm³/mol. The molecule has 0 radical (unpaired) electrons. The van der Waals surface area contributed by atoms with Crippen molar-refractivity contribution in [1.82, 2.24) is 20.3 Å². The molecular formula is C7H7BrN4O. The minimum atomic E-state index is -0.335. The predicted octanol–water partition coefficient (Wildman–Crippen LogP) is -0.213. The van der Waals surface area contributed by atoms with E-state index in [1.165, 1.54) is 0 Å². The van der Waals surface area contributed by atoms with Crippen LogP contribution in [0.3, 0.4) is 0 Å². The van der Waals surface area contributed by atoms with Crippen LogP contribution in [0.25, 0.3) is 0 Å². The molecule has 0 bridgehead atoms. The van der Waals surface area contributed by atoms with Crippen LogP contribution in [0.5, 0.6) is 0 Å². The Bertz CT molecular complexity index is 362. The summed E-state index contributed by atoms with van der Waals surface area (Å²) >= 11 is 2.83. The summed E-state index contributed by atoms with van der Waals surface area (Å²) in [5.41, 5.74) is 0.824. The second-order valence-electron chi connectivity index (χ2n) is 2.25. The van der Waals surface area contributed by atoms with Gasteiger partial charge >= 0.3 is 0 Å². The van der Waals surface area contributed by atoms with Gasteiger partial charge in [0.25, 0.3) is 5.91 Å². The third-order valence-electron chi connectivity index (χ3n) is 1.40. The zero-order valence-corrected chi connectivity index (χ0v) is 8.50. The van der Waals surface area contributed by atoms with Crippen LogP contribution in [-0.2, 0) is 18.4 Å². The van der Waals surface area contributed by atoms with E-state index in [9.17, 15) is 4.79 Å². The van der Waals surface area contributed by atoms with Crippen LogP contribution in [0.1, 0.15) is 5.69 Å². The molecule has 0 unspecified atom stereocenters. The van der Waals surface area contributed by atoms with Gasteiger partial charge in [-0.1, -0.05) is 5.21 Å². The van der Waals surface area contributed by atoms with E-state index in [4.69, 9.17) is 0 Å². The number of amides is 1. The van der Waals surface area contributed by atoms with E-state index in [1.807, 2.05) is 0 Å². The second-order valence-corrected chi connectivity index (χ2v) is 2.65. The molecule has 0 spiro atoms. The average Bonchev–Trinajstić information content (AvgIpc) is 2.48. The van der Waals surface area contributed by atoms with Crippen LogP contribution in [0.15, 0.2) is 6.20 Å². The number of halogens is 1. The Morgan fingerprint density at radius 1 is 1.85 bits per heavy atom. The zero-order valence-electron chi connectivity index (χ0n) is 6.91. The third kappa shape index (κ3) is 2.87. The van der Waals surface area contributed by atoms with Crippen molar-refractivity contribution in [3.63, 3.8) is 0 Å². The van der Waals surface area contributed by atoms with Gasteiger partial charge in [0.1, 0.15) is 0 Å². The van der Waals surface area contributed by atoms with Gasteiger partial charge in [0, 0.05) is 28.9 Å². The lowest BCUT2D eigenvalue weighted by atomic mass is 10.4. The van der Waals surface area contributed by atoms with Crippen molar-refractivity contribution >= 4 is 21.8 Å². The summed E-state index contributed by atoms with van der Waals surface area (Å²) in [6, 6.07) is 0. The molecule has 0 aromatic carbocycles. The summed E-state index contributed by atoms with van der Waals surface area (Å²) in [6.45, 7) is 0.379. The lowest BCUT2D eigenvalue weighted by molar-refractivity contribution is -0.115. The molecule has 0 atom stereocenters. The molecule has 13 heavy (non-hydrogen) atoms. The number of carbonyl (C=O) groups is 1. The SMILES string of the molecule is Cn1nncc1CNC(=O)C#CBr. The van der Waals surface area contributed by atoms with Crippen LogP contribution >= 0.6 is 15.9 Å². The fourth-order valence-electron chi connectivity index (χ4n) is 0.729. The van der Waals surface area contributed by atoms with Crippen molar-refractivity contribution in [2.75, 3.05) is 0 Å². The monoisotopic (exact) mass is 242 g/mol. The lowest BCUT2D eigenvalue weighted by Gasteiger charge is -1.99. The van der Waals surface area contributed by atoms with E-state index in [2.05, 4.69) is 42.3 Å². The van der Waals surface area contributed by atoms with Gasteiger partial charge in [-0.3, -0.25) is 9.48 Å². The highest BCUT2D eigenvalue weighted by atomic mass is 79.9. The van der Waals surface area contributed by atoms with Gasteiger partial charge < -0.3 is 5.32 Å². The summed E-state index contributed by atoms with van der Waals surface area (Å²) in [4.78, 5) is 13.2. The molecular weight excluding hydrogens is 236 g/mol. The van der Waals surface area contributed by atoms with Crippen molar-refractivity contribution in [2.24, 2.45) is 7.05 Å². The van der Waals surface area contributed by atoms with Gasteiger partial charge in [-0.15, -0.1) is 5.10 Å². The molecule has 1 N–H and O–H groups in total. The number of carbonyl (C=O) groups excluding carboxylic acids is 1. The number of aromatic nitrogens is 3. The molecule has 0 aliphatic carbocycles. The van der Waals surface area contributed by atoms with Crippen molar-refractivity contribution in [1.29, 1.82) is 0 Å². The molecule has 6 heteroatoms. The Hall–Kier alpha value is -1.35. The maximum atomic E-state index is 10.9. The highest BCUT2D eigenvalue weighted by Gasteiger charge is 2.00. The van der Waals surface area contributed by atoms with E-state index in [0.717, 1.165) is 5.69 Å². The normalized spacial score (nSPS) is 8.77. The molecule has 68 valence electrons. The second kappa shape index (κ2) is 4.62. The van der Waals surface area contributed by atoms with E-state index in [0.29, 0.717) is 6.54 Å². The first kappa shape index (κ1) is 9.74. The number of hydrogen-bond acceptors (Lipinski definition) is 3. The summed E-state index contributed by atoms with van der Waals surface area (Å²) in [7, 11) is 1.75. The highest BCUT2D eigenvalue weighted by Crippen LogP contribution is 1.91. The fourth-order valence-corrected chi connectivity index (χ4v) is 0.909. The smallest absolute Gasteiger partial charge is 0.297 e. The Labute approximate surface area is 83.6 Å². The Kier molecular flexibility index (Phi) is 3.46. The molecule has 1 rings (SSSR count). The Balaban J connectivity index is 2.47. The number of nitrogens with zero attached hydrogens (tertiary/aromatic N) is 3. The molecule has 0 saturated heterocycles. The fraction of sp³-hybridized carbons (Fsp3) is 0.286. The number of rotatable bonds is 2. The maximum Gasteiger partial charge on any atom is 0.297 e. The molecule has 1 aromatic rings. The first-order valence-electron chi connectivity index (χ1n) is 3.47. The topological polar surface area (TPSA) is 59.8 Å². The van der Waals surface area contributed by atoms with Gasteiger partial charge in [0.2, 0.25) is 0 Å². The van der Waals surface area contributed by atoms with E-state index >= 15 is 0 Å². The molecule has 1 heterocycles. The van der Waals surface area contributed by atoms with Crippen LogP contribution in [-0.4, -0.2) is 20.9 Å². The maximum absolute atomic E-state index is 10.9. The molecule has 0 saturated carbocycles. The number of nitrogens with one attached hydrogen (secondary N) is 1. The van der Waals surface area contributed by atoms with Gasteiger partial charge in [0.15, 0.2) is 0 Å². The van der Waals surface area contributed by atoms with E-state index in [-0.39, 0.29) is 5.91 Å². The van der Waals surface area contributed by atoms with Crippen molar-refractivity contribution in [3.05, 3.63) is 11.9 Å². The lowest BCUT2D eigenvalue weighted by Crippen LogP contribution is -2.22. The van der Waals surface area contributed by atoms with E-state index in [1.54, 1.807) is 17.9 Å². The van der Waals surface area contributed by atoms with Gasteiger partial charge in [0.05, 0.1) is 18.4 Å². The molecule has 5 nitrogen and oxygen atoms in total. The van der Waals surface area contributed by atoms with Crippen LogP contribution in [0.2, 0.25) is 0 Å². The van der Waals surface area contributed by atoms with Crippen molar-refractivity contribution < 1.29 is 4.79 Å². The molecule has 0 aliphatic heterocycles. The summed E-state index contributed by atoms with van der Waals surface area (Å²) in [6.07, 6.45) is 1.59. The first-order chi connectivity index (χ1) is 6.24. The van der Waals surface area contributed by atoms with Crippen molar-refractivity contribution in [2.45, 2.75) is 6.54 Å². The Morgan fingerprint density at radius 2 is 2.62 bits per heavy atom. The Morgan fingerprint density at radius 3 is 3.15 bits per heavy atom.